The molecule has 2 rings (SSSR count). The molecule has 2 atom stereocenters. The number of nitrogens with one attached hydrogen (secondary N) is 1. The first kappa shape index (κ1) is 12.8. The second-order valence-electron chi connectivity index (χ2n) is 4.78. The van der Waals surface area contributed by atoms with Crippen molar-refractivity contribution in [3.8, 4) is 6.01 Å². The third-order valence-corrected chi connectivity index (χ3v) is 3.53. The number of anilines is 2. The van der Waals surface area contributed by atoms with Crippen LogP contribution >= 0.6 is 0 Å². The molecule has 18 heavy (non-hydrogen) atoms. The molecular formula is C11H20N6O. The number of nitrogens with two attached hydrogens (primary N) is 1. The number of ether oxygens (including phenoxy) is 1. The molecule has 0 saturated carbocycles. The Morgan fingerprint density at radius 2 is 2.06 bits per heavy atom. The molecule has 7 heteroatoms. The van der Waals surface area contributed by atoms with Crippen molar-refractivity contribution >= 4 is 11.9 Å². The molecule has 0 radical (unpaired) electrons. The van der Waals surface area contributed by atoms with Gasteiger partial charge in [0.05, 0.1) is 7.11 Å². The predicted octanol–water partition coefficient (Wildman–Crippen LogP) is 0.648. The molecule has 0 aliphatic carbocycles. The van der Waals surface area contributed by atoms with Gasteiger partial charge in [0.1, 0.15) is 0 Å². The van der Waals surface area contributed by atoms with E-state index in [1.807, 2.05) is 0 Å². The van der Waals surface area contributed by atoms with Crippen LogP contribution in [0.4, 0.5) is 11.9 Å². The van der Waals surface area contributed by atoms with Crippen LogP contribution < -0.4 is 20.9 Å². The molecule has 0 aromatic carbocycles. The maximum absolute atomic E-state index is 5.34. The van der Waals surface area contributed by atoms with E-state index in [9.17, 15) is 0 Å². The van der Waals surface area contributed by atoms with Crippen LogP contribution in [0.3, 0.4) is 0 Å². The van der Waals surface area contributed by atoms with E-state index in [0.29, 0.717) is 17.8 Å². The van der Waals surface area contributed by atoms with Gasteiger partial charge >= 0.3 is 6.01 Å². The quantitative estimate of drug-likeness (QED) is 0.603. The van der Waals surface area contributed by atoms with E-state index in [-0.39, 0.29) is 6.01 Å². The van der Waals surface area contributed by atoms with Crippen LogP contribution in [0.25, 0.3) is 0 Å². The van der Waals surface area contributed by atoms with Gasteiger partial charge < -0.3 is 9.64 Å². The molecule has 7 nitrogen and oxygen atoms in total. The molecule has 1 aliphatic rings. The first-order valence-corrected chi connectivity index (χ1v) is 6.15. The summed E-state index contributed by atoms with van der Waals surface area (Å²) in [6.45, 7) is 6.42. The molecule has 1 aromatic heterocycles. The number of hydrogen-bond acceptors (Lipinski definition) is 7. The molecule has 2 heterocycles. The summed E-state index contributed by atoms with van der Waals surface area (Å²) in [5.41, 5.74) is 2.43. The second-order valence-corrected chi connectivity index (χ2v) is 4.78. The van der Waals surface area contributed by atoms with Crippen LogP contribution in [-0.2, 0) is 0 Å². The van der Waals surface area contributed by atoms with Gasteiger partial charge in [0, 0.05) is 13.1 Å². The molecule has 2 unspecified atom stereocenters. The first-order chi connectivity index (χ1) is 8.63. The van der Waals surface area contributed by atoms with E-state index in [4.69, 9.17) is 10.6 Å². The number of aromatic nitrogens is 3. The molecule has 0 amide bonds. The lowest BCUT2D eigenvalue weighted by molar-refractivity contribution is 0.319. The normalized spacial score (nSPS) is 23.9. The maximum Gasteiger partial charge on any atom is 0.322 e. The smallest absolute Gasteiger partial charge is 0.322 e. The van der Waals surface area contributed by atoms with Gasteiger partial charge in [-0.3, -0.25) is 5.43 Å². The molecule has 1 aliphatic heterocycles. The van der Waals surface area contributed by atoms with Crippen LogP contribution in [-0.4, -0.2) is 35.2 Å². The van der Waals surface area contributed by atoms with Crippen LogP contribution in [0.5, 0.6) is 6.01 Å². The van der Waals surface area contributed by atoms with Crippen LogP contribution in [0.2, 0.25) is 0 Å². The van der Waals surface area contributed by atoms with Crippen molar-refractivity contribution in [1.29, 1.82) is 0 Å². The summed E-state index contributed by atoms with van der Waals surface area (Å²) in [5.74, 6) is 7.64. The molecule has 3 N–H and O–H groups in total. The third-order valence-electron chi connectivity index (χ3n) is 3.53. The number of rotatable bonds is 3. The Morgan fingerprint density at radius 1 is 1.28 bits per heavy atom. The van der Waals surface area contributed by atoms with Crippen molar-refractivity contribution < 1.29 is 4.74 Å². The molecule has 0 spiro atoms. The lowest BCUT2D eigenvalue weighted by Gasteiger charge is -2.35. The van der Waals surface area contributed by atoms with E-state index in [1.54, 1.807) is 0 Å². The van der Waals surface area contributed by atoms with Crippen molar-refractivity contribution in [2.24, 2.45) is 17.7 Å². The minimum atomic E-state index is 0.277. The lowest BCUT2D eigenvalue weighted by Crippen LogP contribution is -2.39. The number of hydrogen-bond donors (Lipinski definition) is 2. The molecule has 100 valence electrons. The monoisotopic (exact) mass is 252 g/mol. The largest absolute Gasteiger partial charge is 0.467 e. The second kappa shape index (κ2) is 5.34. The highest BCUT2D eigenvalue weighted by Crippen LogP contribution is 2.25. The first-order valence-electron chi connectivity index (χ1n) is 6.15. The summed E-state index contributed by atoms with van der Waals surface area (Å²) >= 11 is 0. The van der Waals surface area contributed by atoms with Gasteiger partial charge in [-0.2, -0.15) is 15.0 Å². The SMILES string of the molecule is COc1nc(NN)nc(N2CCC(C)C(C)C2)n1. The van der Waals surface area contributed by atoms with Crippen molar-refractivity contribution in [2.45, 2.75) is 20.3 Å². The molecule has 1 aromatic rings. The molecule has 0 bridgehead atoms. The summed E-state index contributed by atoms with van der Waals surface area (Å²) in [7, 11) is 1.53. The Morgan fingerprint density at radius 3 is 2.67 bits per heavy atom. The average Bonchev–Trinajstić information content (AvgIpc) is 2.41. The van der Waals surface area contributed by atoms with Crippen molar-refractivity contribution in [2.75, 3.05) is 30.5 Å². The average molecular weight is 252 g/mol. The minimum Gasteiger partial charge on any atom is -0.467 e. The van der Waals surface area contributed by atoms with E-state index in [2.05, 4.69) is 39.1 Å². The summed E-state index contributed by atoms with van der Waals surface area (Å²) in [6, 6.07) is 0.277. The third kappa shape index (κ3) is 2.61. The minimum absolute atomic E-state index is 0.277. The number of methoxy groups -OCH3 is 1. The van der Waals surface area contributed by atoms with Crippen LogP contribution in [0.15, 0.2) is 0 Å². The van der Waals surface area contributed by atoms with Gasteiger partial charge in [0.15, 0.2) is 0 Å². The fourth-order valence-corrected chi connectivity index (χ4v) is 2.09. The summed E-state index contributed by atoms with van der Waals surface area (Å²) in [4.78, 5) is 14.7. The van der Waals surface area contributed by atoms with Crippen molar-refractivity contribution in [1.82, 2.24) is 15.0 Å². The number of nitrogen functional groups attached to an aromatic ring is 1. The summed E-state index contributed by atoms with van der Waals surface area (Å²) in [6.07, 6.45) is 1.14. The highest BCUT2D eigenvalue weighted by Gasteiger charge is 2.25. The van der Waals surface area contributed by atoms with Crippen LogP contribution in [0.1, 0.15) is 20.3 Å². The van der Waals surface area contributed by atoms with Gasteiger partial charge in [-0.25, -0.2) is 5.84 Å². The van der Waals surface area contributed by atoms with E-state index in [0.717, 1.165) is 25.4 Å². The standard InChI is InChI=1S/C11H20N6O/c1-7-4-5-17(6-8(7)2)10-13-9(16-12)14-11(15-10)18-3/h7-8H,4-6,12H2,1-3H3,(H,13,14,15,16). The van der Waals surface area contributed by atoms with Gasteiger partial charge in [-0.05, 0) is 18.3 Å². The number of hydrazine groups is 1. The van der Waals surface area contributed by atoms with Gasteiger partial charge in [0.25, 0.3) is 0 Å². The van der Waals surface area contributed by atoms with Crippen LogP contribution in [0, 0.1) is 11.8 Å². The Kier molecular flexibility index (Phi) is 3.81. The topological polar surface area (TPSA) is 89.2 Å². The van der Waals surface area contributed by atoms with E-state index >= 15 is 0 Å². The predicted molar refractivity (Wildman–Crippen MR) is 69.3 cm³/mol. The highest BCUT2D eigenvalue weighted by molar-refractivity contribution is 5.38. The fourth-order valence-electron chi connectivity index (χ4n) is 2.09. The van der Waals surface area contributed by atoms with Crippen molar-refractivity contribution in [3.63, 3.8) is 0 Å². The zero-order valence-electron chi connectivity index (χ0n) is 11.1. The number of nitrogens with zero attached hydrogens (tertiary/aromatic N) is 4. The van der Waals surface area contributed by atoms with Crippen molar-refractivity contribution in [3.05, 3.63) is 0 Å². The Hall–Kier alpha value is -1.63. The zero-order chi connectivity index (χ0) is 13.1. The highest BCUT2D eigenvalue weighted by atomic mass is 16.5. The van der Waals surface area contributed by atoms with E-state index < -0.39 is 0 Å². The van der Waals surface area contributed by atoms with Gasteiger partial charge in [-0.15, -0.1) is 0 Å². The summed E-state index contributed by atoms with van der Waals surface area (Å²) < 4.78 is 5.05. The van der Waals surface area contributed by atoms with Gasteiger partial charge in [0.2, 0.25) is 11.9 Å². The molecular weight excluding hydrogens is 232 g/mol. The zero-order valence-corrected chi connectivity index (χ0v) is 11.1. The maximum atomic E-state index is 5.34. The Labute approximate surface area is 107 Å². The van der Waals surface area contributed by atoms with E-state index in [1.165, 1.54) is 7.11 Å². The Bertz CT molecular complexity index is 390. The lowest BCUT2D eigenvalue weighted by atomic mass is 9.89. The molecule has 1 saturated heterocycles. The fraction of sp³-hybridized carbons (Fsp3) is 0.727. The molecule has 1 fully saturated rings. The summed E-state index contributed by atoms with van der Waals surface area (Å²) in [5, 5.41) is 0. The van der Waals surface area contributed by atoms with Gasteiger partial charge in [-0.1, -0.05) is 13.8 Å². The number of piperidine rings is 1. The Balaban J connectivity index is 2.22.